The Hall–Kier alpha value is -2.86. The molecule has 2 amide bonds. The average Bonchev–Trinajstić information content (AvgIpc) is 2.56. The minimum Gasteiger partial charge on any atom is -0.410 e. The van der Waals surface area contributed by atoms with E-state index >= 15 is 0 Å². The standard InChI is InChI=1S/C17H18N2O4/c1-22-11-10-18-16(20)13-6-5-7-14(12-13)19-17(21)23-15-8-3-2-4-9-15/h2-9,12H,10-11H2,1H3,(H,18,20)(H,19,21). The smallest absolute Gasteiger partial charge is 0.410 e. The van der Waals surface area contributed by atoms with E-state index in [0.717, 1.165) is 0 Å². The van der Waals surface area contributed by atoms with Gasteiger partial charge in [0.15, 0.2) is 0 Å². The number of rotatable bonds is 6. The molecular weight excluding hydrogens is 296 g/mol. The molecule has 0 saturated carbocycles. The molecule has 6 heteroatoms. The van der Waals surface area contributed by atoms with Crippen molar-refractivity contribution in [2.24, 2.45) is 0 Å². The van der Waals surface area contributed by atoms with Crippen molar-refractivity contribution in [3.63, 3.8) is 0 Å². The number of hydrogen-bond donors (Lipinski definition) is 2. The van der Waals surface area contributed by atoms with Gasteiger partial charge in [-0.25, -0.2) is 4.79 Å². The molecule has 120 valence electrons. The van der Waals surface area contributed by atoms with Crippen LogP contribution in [0.3, 0.4) is 0 Å². The molecule has 0 aromatic heterocycles. The molecule has 0 aliphatic heterocycles. The van der Waals surface area contributed by atoms with E-state index in [-0.39, 0.29) is 5.91 Å². The SMILES string of the molecule is COCCNC(=O)c1cccc(NC(=O)Oc2ccccc2)c1. The Morgan fingerprint density at radius 3 is 2.57 bits per heavy atom. The summed E-state index contributed by atoms with van der Waals surface area (Å²) in [5.41, 5.74) is 0.920. The van der Waals surface area contributed by atoms with Crippen molar-refractivity contribution in [3.8, 4) is 5.75 Å². The van der Waals surface area contributed by atoms with Gasteiger partial charge < -0.3 is 14.8 Å². The zero-order valence-electron chi connectivity index (χ0n) is 12.7. The minimum atomic E-state index is -0.617. The first kappa shape index (κ1) is 16.5. The number of para-hydroxylation sites is 1. The highest BCUT2D eigenvalue weighted by molar-refractivity contribution is 5.96. The Kier molecular flexibility index (Phi) is 6.14. The van der Waals surface area contributed by atoms with Crippen LogP contribution in [0.5, 0.6) is 5.75 Å². The van der Waals surface area contributed by atoms with Gasteiger partial charge in [-0.15, -0.1) is 0 Å². The van der Waals surface area contributed by atoms with E-state index in [4.69, 9.17) is 9.47 Å². The molecule has 0 aliphatic rings. The fraction of sp³-hybridized carbons (Fsp3) is 0.176. The maximum atomic E-state index is 11.9. The Morgan fingerprint density at radius 2 is 1.83 bits per heavy atom. The summed E-state index contributed by atoms with van der Waals surface area (Å²) in [4.78, 5) is 23.8. The van der Waals surface area contributed by atoms with Crippen LogP contribution in [0.15, 0.2) is 54.6 Å². The Morgan fingerprint density at radius 1 is 1.04 bits per heavy atom. The summed E-state index contributed by atoms with van der Waals surface area (Å²) in [5.74, 6) is 0.209. The van der Waals surface area contributed by atoms with Crippen LogP contribution in [-0.4, -0.2) is 32.3 Å². The molecule has 2 aromatic rings. The first-order valence-corrected chi connectivity index (χ1v) is 7.10. The van der Waals surface area contributed by atoms with Gasteiger partial charge in [0.05, 0.1) is 6.61 Å². The number of hydrogen-bond acceptors (Lipinski definition) is 4. The maximum Gasteiger partial charge on any atom is 0.417 e. The summed E-state index contributed by atoms with van der Waals surface area (Å²) in [6.45, 7) is 0.857. The number of carbonyl (C=O) groups excluding carboxylic acids is 2. The van der Waals surface area contributed by atoms with Crippen LogP contribution in [0, 0.1) is 0 Å². The summed E-state index contributed by atoms with van der Waals surface area (Å²) < 4.78 is 10.0. The topological polar surface area (TPSA) is 76.7 Å². The second kappa shape index (κ2) is 8.55. The second-order valence-electron chi connectivity index (χ2n) is 4.66. The van der Waals surface area contributed by atoms with Gasteiger partial charge in [-0.3, -0.25) is 10.1 Å². The number of carbonyl (C=O) groups is 2. The molecule has 0 fully saturated rings. The third kappa shape index (κ3) is 5.44. The number of ether oxygens (including phenoxy) is 2. The summed E-state index contributed by atoms with van der Waals surface area (Å²) in [5, 5.41) is 5.30. The van der Waals surface area contributed by atoms with E-state index in [2.05, 4.69) is 10.6 Å². The molecule has 0 saturated heterocycles. The van der Waals surface area contributed by atoms with Crippen LogP contribution in [0.1, 0.15) is 10.4 Å². The van der Waals surface area contributed by atoms with Crippen LogP contribution >= 0.6 is 0 Å². The van der Waals surface area contributed by atoms with Gasteiger partial charge in [-0.05, 0) is 30.3 Å². The van der Waals surface area contributed by atoms with Crippen molar-refractivity contribution in [1.82, 2.24) is 5.32 Å². The van der Waals surface area contributed by atoms with Gasteiger partial charge in [0.25, 0.3) is 5.91 Å². The Balaban J connectivity index is 1.94. The van der Waals surface area contributed by atoms with Crippen molar-refractivity contribution in [3.05, 3.63) is 60.2 Å². The first-order chi connectivity index (χ1) is 11.2. The second-order valence-corrected chi connectivity index (χ2v) is 4.66. The lowest BCUT2D eigenvalue weighted by Crippen LogP contribution is -2.27. The summed E-state index contributed by atoms with van der Waals surface area (Å²) in [6, 6.07) is 15.3. The van der Waals surface area contributed by atoms with Crippen LogP contribution in [0.4, 0.5) is 10.5 Å². The number of anilines is 1. The summed E-state index contributed by atoms with van der Waals surface area (Å²) >= 11 is 0. The molecule has 6 nitrogen and oxygen atoms in total. The van der Waals surface area contributed by atoms with Gasteiger partial charge in [0.1, 0.15) is 5.75 Å². The third-order valence-electron chi connectivity index (χ3n) is 2.92. The Labute approximate surface area is 134 Å². The zero-order valence-corrected chi connectivity index (χ0v) is 12.7. The summed E-state index contributed by atoms with van der Waals surface area (Å²) in [7, 11) is 1.56. The van der Waals surface area contributed by atoms with Crippen LogP contribution in [-0.2, 0) is 4.74 Å². The number of nitrogens with one attached hydrogen (secondary N) is 2. The van der Waals surface area contributed by atoms with E-state index in [1.54, 1.807) is 55.6 Å². The maximum absolute atomic E-state index is 11.9. The van der Waals surface area contributed by atoms with Crippen LogP contribution in [0.2, 0.25) is 0 Å². The molecule has 0 aliphatic carbocycles. The highest BCUT2D eigenvalue weighted by atomic mass is 16.6. The number of benzene rings is 2. The van der Waals surface area contributed by atoms with Gasteiger partial charge >= 0.3 is 6.09 Å². The van der Waals surface area contributed by atoms with E-state index in [1.165, 1.54) is 0 Å². The molecule has 0 unspecified atom stereocenters. The van der Waals surface area contributed by atoms with Gasteiger partial charge in [0.2, 0.25) is 0 Å². The van der Waals surface area contributed by atoms with Crippen molar-refractivity contribution >= 4 is 17.7 Å². The third-order valence-corrected chi connectivity index (χ3v) is 2.92. The van der Waals surface area contributed by atoms with Gasteiger partial charge in [0, 0.05) is 24.9 Å². The van der Waals surface area contributed by atoms with Crippen LogP contribution < -0.4 is 15.4 Å². The van der Waals surface area contributed by atoms with Crippen LogP contribution in [0.25, 0.3) is 0 Å². The quantitative estimate of drug-likeness (QED) is 0.804. The summed E-state index contributed by atoms with van der Waals surface area (Å²) in [6.07, 6.45) is -0.617. The molecule has 23 heavy (non-hydrogen) atoms. The molecule has 2 rings (SSSR count). The van der Waals surface area contributed by atoms with Gasteiger partial charge in [-0.1, -0.05) is 24.3 Å². The molecule has 0 spiro atoms. The molecule has 2 N–H and O–H groups in total. The van der Waals surface area contributed by atoms with E-state index in [1.807, 2.05) is 6.07 Å². The van der Waals surface area contributed by atoms with E-state index in [9.17, 15) is 9.59 Å². The monoisotopic (exact) mass is 314 g/mol. The van der Waals surface area contributed by atoms with Crippen molar-refractivity contribution in [1.29, 1.82) is 0 Å². The minimum absolute atomic E-state index is 0.234. The Bertz CT molecular complexity index is 659. The molecular formula is C17H18N2O4. The lowest BCUT2D eigenvalue weighted by atomic mass is 10.2. The lowest BCUT2D eigenvalue weighted by Gasteiger charge is -2.08. The van der Waals surface area contributed by atoms with Crippen molar-refractivity contribution < 1.29 is 19.1 Å². The zero-order chi connectivity index (χ0) is 16.5. The molecule has 0 atom stereocenters. The van der Waals surface area contributed by atoms with E-state index < -0.39 is 6.09 Å². The fourth-order valence-electron chi connectivity index (χ4n) is 1.85. The molecule has 0 heterocycles. The number of amides is 2. The molecule has 0 bridgehead atoms. The lowest BCUT2D eigenvalue weighted by molar-refractivity contribution is 0.0937. The number of methoxy groups -OCH3 is 1. The predicted molar refractivity (Wildman–Crippen MR) is 86.7 cm³/mol. The fourth-order valence-corrected chi connectivity index (χ4v) is 1.85. The molecule has 2 aromatic carbocycles. The average molecular weight is 314 g/mol. The first-order valence-electron chi connectivity index (χ1n) is 7.10. The van der Waals surface area contributed by atoms with E-state index in [0.29, 0.717) is 30.2 Å². The largest absolute Gasteiger partial charge is 0.417 e. The normalized spacial score (nSPS) is 9.96. The van der Waals surface area contributed by atoms with Gasteiger partial charge in [-0.2, -0.15) is 0 Å². The molecule has 0 radical (unpaired) electrons. The highest BCUT2D eigenvalue weighted by Crippen LogP contribution is 2.13. The highest BCUT2D eigenvalue weighted by Gasteiger charge is 2.08. The van der Waals surface area contributed by atoms with Crippen molar-refractivity contribution in [2.75, 3.05) is 25.6 Å². The van der Waals surface area contributed by atoms with Crippen molar-refractivity contribution in [2.45, 2.75) is 0 Å². The predicted octanol–water partition coefficient (Wildman–Crippen LogP) is 2.67.